The van der Waals surface area contributed by atoms with E-state index < -0.39 is 0 Å². The molecule has 122 valence electrons. The highest BCUT2D eigenvalue weighted by Gasteiger charge is 2.17. The number of methoxy groups -OCH3 is 3. The number of thioether (sulfide) groups is 1. The van der Waals surface area contributed by atoms with Gasteiger partial charge in [-0.2, -0.15) is 5.26 Å². The van der Waals surface area contributed by atoms with Gasteiger partial charge in [0.2, 0.25) is 11.6 Å². The average molecular weight is 335 g/mol. The molecule has 0 N–H and O–H groups in total. The summed E-state index contributed by atoms with van der Waals surface area (Å²) in [5.74, 6) is 2.36. The summed E-state index contributed by atoms with van der Waals surface area (Å²) in [5.41, 5.74) is 0.659. The molecular weight excluding hydrogens is 318 g/mol. The molecule has 1 atom stereocenters. The maximum Gasteiger partial charge on any atom is 0.276 e. The van der Waals surface area contributed by atoms with E-state index in [0.717, 1.165) is 0 Å². The van der Waals surface area contributed by atoms with E-state index in [2.05, 4.69) is 16.3 Å². The van der Waals surface area contributed by atoms with Gasteiger partial charge in [-0.1, -0.05) is 11.8 Å². The topological polar surface area (TPSA) is 90.4 Å². The first-order chi connectivity index (χ1) is 11.1. The van der Waals surface area contributed by atoms with Crippen molar-refractivity contribution >= 4 is 11.8 Å². The molecule has 0 spiro atoms. The fourth-order valence-electron chi connectivity index (χ4n) is 1.82. The Bertz CT molecular complexity index is 686. The van der Waals surface area contributed by atoms with Crippen molar-refractivity contribution < 1.29 is 18.6 Å². The zero-order chi connectivity index (χ0) is 16.8. The molecule has 7 nitrogen and oxygen atoms in total. The minimum absolute atomic E-state index is 0.0866. The van der Waals surface area contributed by atoms with Crippen molar-refractivity contribution in [2.45, 2.75) is 12.1 Å². The van der Waals surface area contributed by atoms with Gasteiger partial charge in [0.15, 0.2) is 11.5 Å². The normalized spacial score (nSPS) is 11.6. The Morgan fingerprint density at radius 1 is 1.17 bits per heavy atom. The average Bonchev–Trinajstić information content (AvgIpc) is 3.07. The van der Waals surface area contributed by atoms with E-state index in [9.17, 15) is 0 Å². The number of ether oxygens (including phenoxy) is 3. The summed E-state index contributed by atoms with van der Waals surface area (Å²) in [5, 5.41) is 17.2. The molecule has 0 saturated carbocycles. The quantitative estimate of drug-likeness (QED) is 0.713. The minimum Gasteiger partial charge on any atom is -0.493 e. The summed E-state index contributed by atoms with van der Waals surface area (Å²) in [6, 6.07) is 5.63. The van der Waals surface area contributed by atoms with Gasteiger partial charge in [0.05, 0.1) is 33.3 Å². The summed E-state index contributed by atoms with van der Waals surface area (Å²) >= 11 is 1.35. The van der Waals surface area contributed by atoms with E-state index in [1.54, 1.807) is 26.4 Å². The van der Waals surface area contributed by atoms with Crippen LogP contribution in [0.15, 0.2) is 21.8 Å². The van der Waals surface area contributed by atoms with E-state index >= 15 is 0 Å². The number of hydrogen-bond acceptors (Lipinski definition) is 8. The Labute approximate surface area is 138 Å². The number of hydrogen-bond donors (Lipinski definition) is 0. The van der Waals surface area contributed by atoms with Crippen molar-refractivity contribution in [2.24, 2.45) is 5.92 Å². The summed E-state index contributed by atoms with van der Waals surface area (Å²) in [4.78, 5) is 0. The summed E-state index contributed by atoms with van der Waals surface area (Å²) in [7, 11) is 4.62. The standard InChI is InChI=1S/C15H17N3O4S/c1-9(7-16)8-23-15-18-17-14(22-15)10-5-11(19-2)13(21-4)12(6-10)20-3/h5-6,9H,8H2,1-4H3/t9-/m0/s1. The van der Waals surface area contributed by atoms with Gasteiger partial charge in [0.1, 0.15) is 0 Å². The molecule has 0 bridgehead atoms. The Morgan fingerprint density at radius 3 is 2.35 bits per heavy atom. The molecule has 1 aromatic heterocycles. The van der Waals surface area contributed by atoms with E-state index in [-0.39, 0.29) is 5.92 Å². The Balaban J connectivity index is 2.28. The molecule has 2 aromatic rings. The lowest BCUT2D eigenvalue weighted by molar-refractivity contribution is 0.324. The third-order valence-corrected chi connectivity index (χ3v) is 4.07. The lowest BCUT2D eigenvalue weighted by atomic mass is 10.2. The molecule has 0 aliphatic heterocycles. The van der Waals surface area contributed by atoms with Gasteiger partial charge >= 0.3 is 0 Å². The van der Waals surface area contributed by atoms with Crippen molar-refractivity contribution in [3.8, 4) is 34.8 Å². The fraction of sp³-hybridized carbons (Fsp3) is 0.400. The van der Waals surface area contributed by atoms with Crippen LogP contribution in [0, 0.1) is 17.2 Å². The Hall–Kier alpha value is -2.40. The zero-order valence-corrected chi connectivity index (χ0v) is 14.1. The first-order valence-corrected chi connectivity index (χ1v) is 7.77. The number of benzene rings is 1. The number of rotatable bonds is 7. The second-order valence-corrected chi connectivity index (χ2v) is 5.60. The van der Waals surface area contributed by atoms with Crippen LogP contribution in [0.5, 0.6) is 17.2 Å². The van der Waals surface area contributed by atoms with Crippen LogP contribution in [0.1, 0.15) is 6.92 Å². The molecule has 0 saturated heterocycles. The van der Waals surface area contributed by atoms with Crippen LogP contribution >= 0.6 is 11.8 Å². The summed E-state index contributed by atoms with van der Waals surface area (Å²) < 4.78 is 21.5. The van der Waals surface area contributed by atoms with Crippen LogP contribution in [0.25, 0.3) is 11.5 Å². The van der Waals surface area contributed by atoms with Gasteiger partial charge in [-0.05, 0) is 19.1 Å². The first kappa shape index (κ1) is 17.0. The number of nitriles is 1. The van der Waals surface area contributed by atoms with Crippen LogP contribution in [-0.2, 0) is 0 Å². The second-order valence-electron chi connectivity index (χ2n) is 4.63. The van der Waals surface area contributed by atoms with Crippen molar-refractivity contribution in [3.05, 3.63) is 12.1 Å². The lowest BCUT2D eigenvalue weighted by Crippen LogP contribution is -1.95. The third kappa shape index (κ3) is 3.87. The molecule has 23 heavy (non-hydrogen) atoms. The number of aromatic nitrogens is 2. The van der Waals surface area contributed by atoms with Crippen molar-refractivity contribution in [3.63, 3.8) is 0 Å². The highest BCUT2D eigenvalue weighted by molar-refractivity contribution is 7.99. The SMILES string of the molecule is COc1cc(-c2nnc(SC[C@@H](C)C#N)o2)cc(OC)c1OC. The number of nitrogens with zero attached hydrogens (tertiary/aromatic N) is 3. The van der Waals surface area contributed by atoms with Gasteiger partial charge in [0.25, 0.3) is 5.22 Å². The lowest BCUT2D eigenvalue weighted by Gasteiger charge is -2.12. The summed E-state index contributed by atoms with van der Waals surface area (Å²) in [6.45, 7) is 1.84. The van der Waals surface area contributed by atoms with Crippen LogP contribution in [0.2, 0.25) is 0 Å². The zero-order valence-electron chi connectivity index (χ0n) is 13.3. The highest BCUT2D eigenvalue weighted by Crippen LogP contribution is 2.41. The summed E-state index contributed by atoms with van der Waals surface area (Å²) in [6.07, 6.45) is 0. The van der Waals surface area contributed by atoms with Crippen LogP contribution in [0.4, 0.5) is 0 Å². The van der Waals surface area contributed by atoms with Crippen LogP contribution in [-0.4, -0.2) is 37.3 Å². The third-order valence-electron chi connectivity index (χ3n) is 3.00. The van der Waals surface area contributed by atoms with Crippen molar-refractivity contribution in [1.29, 1.82) is 5.26 Å². The molecule has 8 heteroatoms. The van der Waals surface area contributed by atoms with E-state index in [4.69, 9.17) is 23.9 Å². The van der Waals surface area contributed by atoms with E-state index in [1.165, 1.54) is 18.9 Å². The molecule has 0 aliphatic carbocycles. The molecule has 0 fully saturated rings. The smallest absolute Gasteiger partial charge is 0.276 e. The largest absolute Gasteiger partial charge is 0.493 e. The van der Waals surface area contributed by atoms with Crippen molar-refractivity contribution in [2.75, 3.05) is 27.1 Å². The van der Waals surface area contributed by atoms with E-state index in [0.29, 0.717) is 39.7 Å². The fourth-order valence-corrected chi connectivity index (χ4v) is 2.53. The maximum absolute atomic E-state index is 8.79. The van der Waals surface area contributed by atoms with Gasteiger partial charge in [-0.3, -0.25) is 0 Å². The van der Waals surface area contributed by atoms with Gasteiger partial charge in [-0.25, -0.2) is 0 Å². The first-order valence-electron chi connectivity index (χ1n) is 6.79. The van der Waals surface area contributed by atoms with Gasteiger partial charge in [-0.15, -0.1) is 10.2 Å². The maximum atomic E-state index is 8.79. The monoisotopic (exact) mass is 335 g/mol. The van der Waals surface area contributed by atoms with E-state index in [1.807, 2.05) is 6.92 Å². The molecule has 0 radical (unpaired) electrons. The van der Waals surface area contributed by atoms with Crippen LogP contribution < -0.4 is 14.2 Å². The highest BCUT2D eigenvalue weighted by atomic mass is 32.2. The molecular formula is C15H17N3O4S. The van der Waals surface area contributed by atoms with Gasteiger partial charge in [0, 0.05) is 11.3 Å². The predicted molar refractivity (Wildman–Crippen MR) is 84.9 cm³/mol. The molecule has 0 amide bonds. The molecule has 0 unspecified atom stereocenters. The molecule has 1 heterocycles. The Morgan fingerprint density at radius 2 is 1.83 bits per heavy atom. The molecule has 2 rings (SSSR count). The second kappa shape index (κ2) is 7.74. The van der Waals surface area contributed by atoms with Gasteiger partial charge < -0.3 is 18.6 Å². The Kier molecular flexibility index (Phi) is 5.71. The van der Waals surface area contributed by atoms with Crippen LogP contribution in [0.3, 0.4) is 0 Å². The van der Waals surface area contributed by atoms with Crippen molar-refractivity contribution in [1.82, 2.24) is 10.2 Å². The molecule has 0 aliphatic rings. The predicted octanol–water partition coefficient (Wildman–Crippen LogP) is 3.01. The molecule has 1 aromatic carbocycles. The minimum atomic E-state index is -0.0866.